The van der Waals surface area contributed by atoms with Gasteiger partial charge in [-0.25, -0.2) is 0 Å². The lowest BCUT2D eigenvalue weighted by molar-refractivity contribution is 0.543. The zero-order valence-electron chi connectivity index (χ0n) is 6.02. The van der Waals surface area contributed by atoms with Gasteiger partial charge in [0.05, 0.1) is 0 Å². The first kappa shape index (κ1) is 7.42. The van der Waals surface area contributed by atoms with Crippen LogP contribution >= 0.6 is 11.8 Å². The van der Waals surface area contributed by atoms with Crippen LogP contribution in [-0.2, 0) is 0 Å². The molecule has 0 bridgehead atoms. The van der Waals surface area contributed by atoms with E-state index in [1.165, 1.54) is 31.7 Å². The normalized spacial score (nSPS) is 19.7. The molecule has 0 aromatic rings. The molecular formula is C7H15NS. The minimum absolute atomic E-state index is 0.941. The molecule has 0 aromatic carbocycles. The van der Waals surface area contributed by atoms with Gasteiger partial charge in [0.2, 0.25) is 0 Å². The van der Waals surface area contributed by atoms with Crippen LogP contribution in [0.1, 0.15) is 19.8 Å². The fraction of sp³-hybridized carbons (Fsp3) is 1.00. The van der Waals surface area contributed by atoms with Gasteiger partial charge in [-0.2, -0.15) is 11.8 Å². The van der Waals surface area contributed by atoms with Crippen molar-refractivity contribution >= 4 is 11.8 Å². The first-order valence-electron chi connectivity index (χ1n) is 3.76. The topological polar surface area (TPSA) is 12.0 Å². The number of hydrogen-bond donors (Lipinski definition) is 1. The van der Waals surface area contributed by atoms with Crippen molar-refractivity contribution in [2.75, 3.05) is 18.8 Å². The summed E-state index contributed by atoms with van der Waals surface area (Å²) in [5, 5.41) is 4.21. The third-order valence-electron chi connectivity index (χ3n) is 1.60. The fourth-order valence-corrected chi connectivity index (χ4v) is 2.03. The molecule has 0 saturated carbocycles. The molecule has 2 heteroatoms. The summed E-state index contributed by atoms with van der Waals surface area (Å²) < 4.78 is 0. The predicted molar refractivity (Wildman–Crippen MR) is 44.0 cm³/mol. The summed E-state index contributed by atoms with van der Waals surface area (Å²) in [6, 6.07) is 0. The Morgan fingerprint density at radius 1 is 1.56 bits per heavy atom. The van der Waals surface area contributed by atoms with Crippen molar-refractivity contribution in [3.8, 4) is 0 Å². The van der Waals surface area contributed by atoms with E-state index in [-0.39, 0.29) is 0 Å². The average Bonchev–Trinajstić information content (AvgIpc) is 1.76. The Bertz CT molecular complexity index is 71.3. The second-order valence-electron chi connectivity index (χ2n) is 2.50. The van der Waals surface area contributed by atoms with Crippen molar-refractivity contribution in [2.24, 2.45) is 0 Å². The highest BCUT2D eigenvalue weighted by Crippen LogP contribution is 2.15. The van der Waals surface area contributed by atoms with E-state index < -0.39 is 0 Å². The summed E-state index contributed by atoms with van der Waals surface area (Å²) in [5.74, 6) is 1.36. The van der Waals surface area contributed by atoms with Gasteiger partial charge in [0.25, 0.3) is 0 Å². The lowest BCUT2D eigenvalue weighted by Gasteiger charge is -2.26. The maximum atomic E-state index is 3.27. The standard InChI is InChI=1S/C7H15NS/c1-2-3-4-9-7-5-8-6-7/h7-8H,2-6H2,1H3. The highest BCUT2D eigenvalue weighted by molar-refractivity contribution is 8.00. The number of hydrogen-bond acceptors (Lipinski definition) is 2. The summed E-state index contributed by atoms with van der Waals surface area (Å²) >= 11 is 2.13. The maximum absolute atomic E-state index is 3.27. The van der Waals surface area contributed by atoms with Crippen molar-refractivity contribution in [2.45, 2.75) is 25.0 Å². The molecule has 0 amide bonds. The van der Waals surface area contributed by atoms with Crippen molar-refractivity contribution in [1.29, 1.82) is 0 Å². The lowest BCUT2D eigenvalue weighted by Crippen LogP contribution is -2.44. The summed E-state index contributed by atoms with van der Waals surface area (Å²) in [4.78, 5) is 0. The van der Waals surface area contributed by atoms with Crippen molar-refractivity contribution in [1.82, 2.24) is 5.32 Å². The first-order chi connectivity index (χ1) is 4.43. The van der Waals surface area contributed by atoms with Crippen LogP contribution < -0.4 is 5.32 Å². The van der Waals surface area contributed by atoms with Gasteiger partial charge in [0.1, 0.15) is 0 Å². The molecule has 9 heavy (non-hydrogen) atoms. The molecule has 1 saturated heterocycles. The van der Waals surface area contributed by atoms with Crippen LogP contribution in [0.25, 0.3) is 0 Å². The predicted octanol–water partition coefficient (Wildman–Crippen LogP) is 1.49. The van der Waals surface area contributed by atoms with Gasteiger partial charge in [-0.1, -0.05) is 13.3 Å². The van der Waals surface area contributed by atoms with Gasteiger partial charge in [0, 0.05) is 18.3 Å². The quantitative estimate of drug-likeness (QED) is 0.602. The lowest BCUT2D eigenvalue weighted by atomic mass is 10.3. The molecule has 0 radical (unpaired) electrons. The Labute approximate surface area is 61.6 Å². The number of rotatable bonds is 4. The SMILES string of the molecule is CCCCSC1CNC1. The average molecular weight is 145 g/mol. The van der Waals surface area contributed by atoms with Crippen molar-refractivity contribution in [3.05, 3.63) is 0 Å². The molecule has 0 aliphatic carbocycles. The van der Waals surface area contributed by atoms with Gasteiger partial charge in [-0.05, 0) is 12.2 Å². The van der Waals surface area contributed by atoms with E-state index in [9.17, 15) is 0 Å². The highest BCUT2D eigenvalue weighted by atomic mass is 32.2. The molecule has 0 unspecified atom stereocenters. The van der Waals surface area contributed by atoms with E-state index >= 15 is 0 Å². The Morgan fingerprint density at radius 2 is 2.33 bits per heavy atom. The van der Waals surface area contributed by atoms with Crippen LogP contribution in [0.4, 0.5) is 0 Å². The minimum Gasteiger partial charge on any atom is -0.314 e. The monoisotopic (exact) mass is 145 g/mol. The van der Waals surface area contributed by atoms with E-state index in [1.807, 2.05) is 0 Å². The largest absolute Gasteiger partial charge is 0.314 e. The van der Waals surface area contributed by atoms with E-state index in [1.54, 1.807) is 0 Å². The summed E-state index contributed by atoms with van der Waals surface area (Å²) in [6.45, 7) is 4.74. The summed E-state index contributed by atoms with van der Waals surface area (Å²) in [6.07, 6.45) is 2.73. The molecule has 1 aliphatic rings. The first-order valence-corrected chi connectivity index (χ1v) is 4.80. The molecule has 1 rings (SSSR count). The van der Waals surface area contributed by atoms with Crippen LogP contribution in [0.5, 0.6) is 0 Å². The van der Waals surface area contributed by atoms with E-state index in [0.717, 1.165) is 5.25 Å². The molecule has 1 nitrogen and oxygen atoms in total. The fourth-order valence-electron chi connectivity index (χ4n) is 0.774. The van der Waals surface area contributed by atoms with Crippen LogP contribution in [0.3, 0.4) is 0 Å². The molecule has 1 N–H and O–H groups in total. The van der Waals surface area contributed by atoms with Crippen molar-refractivity contribution in [3.63, 3.8) is 0 Å². The summed E-state index contributed by atoms with van der Waals surface area (Å²) in [7, 11) is 0. The molecule has 54 valence electrons. The molecule has 1 fully saturated rings. The van der Waals surface area contributed by atoms with Crippen LogP contribution in [0.2, 0.25) is 0 Å². The zero-order chi connectivity index (χ0) is 6.53. The number of unbranched alkanes of at least 4 members (excludes halogenated alkanes) is 1. The number of thioether (sulfide) groups is 1. The molecule has 0 aromatic heterocycles. The minimum atomic E-state index is 0.941. The molecule has 0 spiro atoms. The third kappa shape index (κ3) is 2.59. The van der Waals surface area contributed by atoms with Gasteiger partial charge >= 0.3 is 0 Å². The maximum Gasteiger partial charge on any atom is 0.0297 e. The second-order valence-corrected chi connectivity index (χ2v) is 3.91. The summed E-state index contributed by atoms with van der Waals surface area (Å²) in [5.41, 5.74) is 0. The Morgan fingerprint density at radius 3 is 2.78 bits per heavy atom. The van der Waals surface area contributed by atoms with E-state index in [0.29, 0.717) is 0 Å². The smallest absolute Gasteiger partial charge is 0.0297 e. The second kappa shape index (κ2) is 4.18. The van der Waals surface area contributed by atoms with Gasteiger partial charge in [-0.3, -0.25) is 0 Å². The number of nitrogens with one attached hydrogen (secondary N) is 1. The highest BCUT2D eigenvalue weighted by Gasteiger charge is 2.15. The van der Waals surface area contributed by atoms with Gasteiger partial charge in [-0.15, -0.1) is 0 Å². The van der Waals surface area contributed by atoms with Crippen LogP contribution in [0, 0.1) is 0 Å². The Kier molecular flexibility index (Phi) is 3.44. The Balaban J connectivity index is 1.80. The third-order valence-corrected chi connectivity index (χ3v) is 2.92. The van der Waals surface area contributed by atoms with E-state index in [4.69, 9.17) is 0 Å². The van der Waals surface area contributed by atoms with Crippen LogP contribution in [0.15, 0.2) is 0 Å². The molecule has 0 atom stereocenters. The van der Waals surface area contributed by atoms with Gasteiger partial charge in [0.15, 0.2) is 0 Å². The Hall–Kier alpha value is 0.310. The molecule has 1 heterocycles. The zero-order valence-corrected chi connectivity index (χ0v) is 6.84. The van der Waals surface area contributed by atoms with Crippen molar-refractivity contribution < 1.29 is 0 Å². The molecule has 1 aliphatic heterocycles. The van der Waals surface area contributed by atoms with E-state index in [2.05, 4.69) is 24.0 Å². The molecular weight excluding hydrogens is 130 g/mol. The van der Waals surface area contributed by atoms with Gasteiger partial charge < -0.3 is 5.32 Å². The van der Waals surface area contributed by atoms with Crippen LogP contribution in [-0.4, -0.2) is 24.1 Å².